The minimum Gasteiger partial charge on any atom is -0.497 e. The fourth-order valence-electron chi connectivity index (χ4n) is 3.10. The van der Waals surface area contributed by atoms with E-state index in [0.29, 0.717) is 34.1 Å². The Morgan fingerprint density at radius 2 is 1.71 bits per heavy atom. The van der Waals surface area contributed by atoms with Crippen LogP contribution in [0.5, 0.6) is 11.5 Å². The standard InChI is InChI=1S/C23H19FN4O3/c1-30-19-11-12-22(31-2)20(13-19)26-23(29)16-5-9-18(10-6-16)28-21(14-25-27-28)15-3-7-17(24)8-4-15/h3-14H,1-2H3,(H,26,29). The van der Waals surface area contributed by atoms with Crippen molar-refractivity contribution in [1.82, 2.24) is 15.0 Å². The van der Waals surface area contributed by atoms with Gasteiger partial charge in [-0.15, -0.1) is 5.10 Å². The van der Waals surface area contributed by atoms with E-state index in [1.54, 1.807) is 72.6 Å². The Balaban J connectivity index is 1.57. The van der Waals surface area contributed by atoms with E-state index >= 15 is 0 Å². The zero-order valence-electron chi connectivity index (χ0n) is 16.9. The summed E-state index contributed by atoms with van der Waals surface area (Å²) in [7, 11) is 3.08. The number of benzene rings is 3. The molecule has 8 heteroatoms. The molecule has 0 saturated carbocycles. The van der Waals surface area contributed by atoms with Crippen molar-refractivity contribution in [2.75, 3.05) is 19.5 Å². The maximum Gasteiger partial charge on any atom is 0.255 e. The van der Waals surface area contributed by atoms with Gasteiger partial charge in [0.25, 0.3) is 5.91 Å². The van der Waals surface area contributed by atoms with E-state index in [2.05, 4.69) is 15.6 Å². The molecule has 4 aromatic rings. The van der Waals surface area contributed by atoms with Crippen LogP contribution in [0.1, 0.15) is 10.4 Å². The lowest BCUT2D eigenvalue weighted by Gasteiger charge is -2.12. The van der Waals surface area contributed by atoms with Crippen molar-refractivity contribution in [3.63, 3.8) is 0 Å². The molecule has 4 rings (SSSR count). The van der Waals surface area contributed by atoms with E-state index < -0.39 is 0 Å². The van der Waals surface area contributed by atoms with E-state index in [0.717, 1.165) is 5.56 Å². The minimum absolute atomic E-state index is 0.296. The molecular weight excluding hydrogens is 399 g/mol. The van der Waals surface area contributed by atoms with Crippen molar-refractivity contribution in [2.24, 2.45) is 0 Å². The topological polar surface area (TPSA) is 78.3 Å². The second-order valence-corrected chi connectivity index (χ2v) is 6.61. The quantitative estimate of drug-likeness (QED) is 0.504. The van der Waals surface area contributed by atoms with Crippen molar-refractivity contribution in [1.29, 1.82) is 0 Å². The summed E-state index contributed by atoms with van der Waals surface area (Å²) in [6.45, 7) is 0. The molecule has 0 saturated heterocycles. The number of amides is 1. The molecule has 0 aliphatic heterocycles. The van der Waals surface area contributed by atoms with Crippen molar-refractivity contribution < 1.29 is 18.7 Å². The third-order valence-electron chi connectivity index (χ3n) is 4.72. The molecule has 0 unspecified atom stereocenters. The summed E-state index contributed by atoms with van der Waals surface area (Å²) < 4.78 is 25.4. The van der Waals surface area contributed by atoms with Crippen LogP contribution in [0.25, 0.3) is 16.9 Å². The SMILES string of the molecule is COc1ccc(OC)c(NC(=O)c2ccc(-n3nncc3-c3ccc(F)cc3)cc2)c1. The first kappa shape index (κ1) is 20.1. The lowest BCUT2D eigenvalue weighted by Crippen LogP contribution is -2.13. The molecule has 0 fully saturated rings. The molecule has 0 radical (unpaired) electrons. The maximum absolute atomic E-state index is 13.2. The number of nitrogens with one attached hydrogen (secondary N) is 1. The van der Waals surface area contributed by atoms with Gasteiger partial charge in [0.15, 0.2) is 0 Å². The largest absolute Gasteiger partial charge is 0.497 e. The number of carbonyl (C=O) groups is 1. The number of rotatable bonds is 6. The Bertz CT molecular complexity index is 1200. The minimum atomic E-state index is -0.314. The number of hydrogen-bond donors (Lipinski definition) is 1. The summed E-state index contributed by atoms with van der Waals surface area (Å²) in [5.41, 5.74) is 3.16. The predicted molar refractivity (Wildman–Crippen MR) is 114 cm³/mol. The zero-order valence-corrected chi connectivity index (χ0v) is 16.9. The molecule has 0 atom stereocenters. The molecule has 7 nitrogen and oxygen atoms in total. The molecule has 1 heterocycles. The average Bonchev–Trinajstić information content (AvgIpc) is 3.29. The van der Waals surface area contributed by atoms with Gasteiger partial charge in [0.2, 0.25) is 0 Å². The second-order valence-electron chi connectivity index (χ2n) is 6.61. The van der Waals surface area contributed by atoms with Crippen molar-refractivity contribution in [2.45, 2.75) is 0 Å². The predicted octanol–water partition coefficient (Wildman–Crippen LogP) is 4.34. The zero-order chi connectivity index (χ0) is 21.8. The molecule has 1 N–H and O–H groups in total. The number of carbonyl (C=O) groups excluding carboxylic acids is 1. The second kappa shape index (κ2) is 8.66. The molecule has 0 aliphatic rings. The summed E-state index contributed by atoms with van der Waals surface area (Å²) in [5, 5.41) is 10.9. The van der Waals surface area contributed by atoms with E-state index in [4.69, 9.17) is 9.47 Å². The summed E-state index contributed by atoms with van der Waals surface area (Å²) in [6, 6.07) is 18.1. The van der Waals surface area contributed by atoms with Gasteiger partial charge >= 0.3 is 0 Å². The molecule has 156 valence electrons. The van der Waals surface area contributed by atoms with Crippen LogP contribution in [0.15, 0.2) is 72.9 Å². The molecule has 1 aromatic heterocycles. The van der Waals surface area contributed by atoms with Gasteiger partial charge in [0, 0.05) is 17.2 Å². The van der Waals surface area contributed by atoms with Crippen molar-refractivity contribution in [3.05, 3.63) is 84.3 Å². The number of hydrogen-bond acceptors (Lipinski definition) is 5. The van der Waals surface area contributed by atoms with Gasteiger partial charge in [-0.25, -0.2) is 9.07 Å². The fraction of sp³-hybridized carbons (Fsp3) is 0.0870. The molecule has 1 amide bonds. The van der Waals surface area contributed by atoms with Crippen molar-refractivity contribution >= 4 is 11.6 Å². The fourth-order valence-corrected chi connectivity index (χ4v) is 3.10. The van der Waals surface area contributed by atoms with Gasteiger partial charge in [-0.05, 0) is 60.7 Å². The highest BCUT2D eigenvalue weighted by molar-refractivity contribution is 6.05. The van der Waals surface area contributed by atoms with Crippen LogP contribution in [0.4, 0.5) is 10.1 Å². The van der Waals surface area contributed by atoms with Gasteiger partial charge in [0.05, 0.1) is 37.5 Å². The van der Waals surface area contributed by atoms with Gasteiger partial charge in [0.1, 0.15) is 17.3 Å². The maximum atomic E-state index is 13.2. The number of anilines is 1. The number of nitrogens with zero attached hydrogens (tertiary/aromatic N) is 3. The molecule has 31 heavy (non-hydrogen) atoms. The highest BCUT2D eigenvalue weighted by atomic mass is 19.1. The van der Waals surface area contributed by atoms with Gasteiger partial charge in [-0.1, -0.05) is 5.21 Å². The number of methoxy groups -OCH3 is 2. The van der Waals surface area contributed by atoms with Crippen LogP contribution >= 0.6 is 0 Å². The van der Waals surface area contributed by atoms with Gasteiger partial charge in [-0.3, -0.25) is 4.79 Å². The molecule has 0 aliphatic carbocycles. The summed E-state index contributed by atoms with van der Waals surface area (Å²) in [6.07, 6.45) is 1.60. The first-order chi connectivity index (χ1) is 15.1. The Labute approximate surface area is 178 Å². The third-order valence-corrected chi connectivity index (χ3v) is 4.72. The van der Waals surface area contributed by atoms with E-state index in [-0.39, 0.29) is 11.7 Å². The van der Waals surface area contributed by atoms with Crippen LogP contribution < -0.4 is 14.8 Å². The number of ether oxygens (including phenoxy) is 2. The number of halogens is 1. The van der Waals surface area contributed by atoms with Crippen LogP contribution in [-0.2, 0) is 0 Å². The Morgan fingerprint density at radius 3 is 2.39 bits per heavy atom. The van der Waals surface area contributed by atoms with Gasteiger partial charge < -0.3 is 14.8 Å². The van der Waals surface area contributed by atoms with Crippen LogP contribution in [0.2, 0.25) is 0 Å². The summed E-state index contributed by atoms with van der Waals surface area (Å²) >= 11 is 0. The number of aromatic nitrogens is 3. The molecule has 3 aromatic carbocycles. The normalized spacial score (nSPS) is 10.5. The average molecular weight is 418 g/mol. The molecular formula is C23H19FN4O3. The van der Waals surface area contributed by atoms with Crippen LogP contribution in [0, 0.1) is 5.82 Å². The van der Waals surface area contributed by atoms with Crippen LogP contribution in [0.3, 0.4) is 0 Å². The lowest BCUT2D eigenvalue weighted by atomic mass is 10.1. The first-order valence-corrected chi connectivity index (χ1v) is 9.39. The Hall–Kier alpha value is -4.20. The van der Waals surface area contributed by atoms with E-state index in [9.17, 15) is 9.18 Å². The highest BCUT2D eigenvalue weighted by Crippen LogP contribution is 2.29. The summed E-state index contributed by atoms with van der Waals surface area (Å²) in [4.78, 5) is 12.7. The first-order valence-electron chi connectivity index (χ1n) is 9.39. The van der Waals surface area contributed by atoms with Gasteiger partial charge in [-0.2, -0.15) is 0 Å². The Kier molecular flexibility index (Phi) is 5.61. The van der Waals surface area contributed by atoms with Crippen LogP contribution in [-0.4, -0.2) is 35.1 Å². The van der Waals surface area contributed by atoms with E-state index in [1.165, 1.54) is 19.2 Å². The monoisotopic (exact) mass is 418 g/mol. The molecule has 0 spiro atoms. The van der Waals surface area contributed by atoms with Crippen molar-refractivity contribution in [3.8, 4) is 28.4 Å². The van der Waals surface area contributed by atoms with E-state index in [1.807, 2.05) is 0 Å². The highest BCUT2D eigenvalue weighted by Gasteiger charge is 2.13. The lowest BCUT2D eigenvalue weighted by molar-refractivity contribution is 0.102. The molecule has 0 bridgehead atoms. The summed E-state index contributed by atoms with van der Waals surface area (Å²) in [5.74, 6) is 0.518. The Morgan fingerprint density at radius 1 is 0.968 bits per heavy atom. The third kappa shape index (κ3) is 4.23. The smallest absolute Gasteiger partial charge is 0.255 e.